The fourth-order valence-electron chi connectivity index (χ4n) is 4.27. The van der Waals surface area contributed by atoms with Gasteiger partial charge in [0.25, 0.3) is 5.91 Å². The molecule has 1 saturated heterocycles. The zero-order valence-electron chi connectivity index (χ0n) is 17.6. The van der Waals surface area contributed by atoms with E-state index in [1.54, 1.807) is 19.2 Å². The molecule has 1 fully saturated rings. The number of likely N-dealkylation sites (N-methyl/N-ethyl adjacent to an activating group) is 1. The molecule has 0 spiro atoms. The molecule has 156 valence electrons. The molecule has 2 aromatic carbocycles. The van der Waals surface area contributed by atoms with Crippen molar-refractivity contribution in [2.24, 2.45) is 7.05 Å². The molecule has 1 N–H and O–H groups in total. The Hall–Kier alpha value is -3.19. The topological polar surface area (TPSA) is 70.5 Å². The Morgan fingerprint density at radius 2 is 1.87 bits per heavy atom. The van der Waals surface area contributed by atoms with Gasteiger partial charge in [-0.15, -0.1) is 0 Å². The van der Waals surface area contributed by atoms with Crippen LogP contribution in [0.4, 0.5) is 11.6 Å². The van der Waals surface area contributed by atoms with Crippen LogP contribution in [0.15, 0.2) is 48.5 Å². The van der Waals surface area contributed by atoms with Crippen molar-refractivity contribution in [1.82, 2.24) is 14.9 Å². The van der Waals surface area contributed by atoms with Gasteiger partial charge in [-0.05, 0) is 56.6 Å². The number of hydrogen-bond donors (Lipinski definition) is 1. The summed E-state index contributed by atoms with van der Waals surface area (Å²) in [6.45, 7) is 3.42. The second-order valence-electron chi connectivity index (χ2n) is 7.90. The van der Waals surface area contributed by atoms with E-state index in [0.29, 0.717) is 38.0 Å². The fourth-order valence-corrected chi connectivity index (χ4v) is 4.27. The highest BCUT2D eigenvalue weighted by Gasteiger charge is 2.43. The summed E-state index contributed by atoms with van der Waals surface area (Å²) in [5.74, 6) is 0.689. The van der Waals surface area contributed by atoms with Gasteiger partial charge in [0, 0.05) is 20.1 Å². The van der Waals surface area contributed by atoms with Gasteiger partial charge in [-0.3, -0.25) is 14.5 Å². The summed E-state index contributed by atoms with van der Waals surface area (Å²) < 4.78 is 2.11. The van der Waals surface area contributed by atoms with Gasteiger partial charge in [-0.2, -0.15) is 0 Å². The van der Waals surface area contributed by atoms with Gasteiger partial charge in [0.15, 0.2) is 0 Å². The molecule has 2 heterocycles. The maximum Gasteiger partial charge on any atom is 0.253 e. The summed E-state index contributed by atoms with van der Waals surface area (Å²) in [5, 5.41) is 3.22. The van der Waals surface area contributed by atoms with E-state index in [1.807, 2.05) is 31.3 Å². The minimum Gasteiger partial charge on any atom is -0.342 e. The number of carbonyl (C=O) groups excluding carboxylic acids is 2. The normalized spacial score (nSPS) is 15.9. The highest BCUT2D eigenvalue weighted by Crippen LogP contribution is 2.30. The third-order valence-corrected chi connectivity index (χ3v) is 6.16. The lowest BCUT2D eigenvalue weighted by atomic mass is 9.86. The van der Waals surface area contributed by atoms with Crippen LogP contribution in [0.1, 0.15) is 18.4 Å². The summed E-state index contributed by atoms with van der Waals surface area (Å²) in [6, 6.07) is 15.3. The summed E-state index contributed by atoms with van der Waals surface area (Å²) in [7, 11) is 3.82. The molecule has 0 bridgehead atoms. The molecule has 0 aliphatic carbocycles. The highest BCUT2D eigenvalue weighted by molar-refractivity contribution is 6.11. The molecule has 2 amide bonds. The molecular weight excluding hydrogens is 378 g/mol. The Balaban J connectivity index is 1.56. The highest BCUT2D eigenvalue weighted by atomic mass is 16.2. The Morgan fingerprint density at radius 1 is 1.17 bits per heavy atom. The molecule has 1 aliphatic heterocycles. The summed E-state index contributed by atoms with van der Waals surface area (Å²) in [6.07, 6.45) is 1.78. The predicted octanol–water partition coefficient (Wildman–Crippen LogP) is 2.63. The first-order valence-electron chi connectivity index (χ1n) is 10.2. The van der Waals surface area contributed by atoms with E-state index in [1.165, 1.54) is 10.5 Å². The van der Waals surface area contributed by atoms with Crippen molar-refractivity contribution >= 4 is 35.0 Å². The molecule has 0 atom stereocenters. The molecule has 1 aromatic heterocycles. The van der Waals surface area contributed by atoms with Crippen molar-refractivity contribution in [2.45, 2.75) is 25.3 Å². The first-order valence-corrected chi connectivity index (χ1v) is 10.2. The van der Waals surface area contributed by atoms with Crippen molar-refractivity contribution in [3.8, 4) is 0 Å². The standard InChI is InChI=1S/C23H27N5O2/c1-17-9-10-19-20(15-17)26(3)22(25-19)27-13-11-23(24-2,12-14-27)21(30)28(16-29)18-7-5-4-6-8-18/h4-10,15-16,24H,11-14H2,1-3H3. The quantitative estimate of drug-likeness (QED) is 0.661. The molecule has 0 unspecified atom stereocenters. The number of rotatable bonds is 5. The number of fused-ring (bicyclic) bond motifs is 1. The number of nitrogens with one attached hydrogen (secondary N) is 1. The monoisotopic (exact) mass is 405 g/mol. The number of carbonyl (C=O) groups is 2. The van der Waals surface area contributed by atoms with Crippen molar-refractivity contribution < 1.29 is 9.59 Å². The van der Waals surface area contributed by atoms with E-state index in [9.17, 15) is 9.59 Å². The average Bonchev–Trinajstić information content (AvgIpc) is 3.11. The van der Waals surface area contributed by atoms with Crippen LogP contribution in [0.3, 0.4) is 0 Å². The zero-order chi connectivity index (χ0) is 21.3. The largest absolute Gasteiger partial charge is 0.342 e. The molecule has 0 saturated carbocycles. The lowest BCUT2D eigenvalue weighted by molar-refractivity contribution is -0.128. The second-order valence-corrected chi connectivity index (χ2v) is 7.90. The minimum absolute atomic E-state index is 0.216. The van der Waals surface area contributed by atoms with Crippen LogP contribution < -0.4 is 15.1 Å². The van der Waals surface area contributed by atoms with Gasteiger partial charge < -0.3 is 14.8 Å². The zero-order valence-corrected chi connectivity index (χ0v) is 17.6. The van der Waals surface area contributed by atoms with Gasteiger partial charge in [-0.1, -0.05) is 24.3 Å². The van der Waals surface area contributed by atoms with Crippen LogP contribution in [0.2, 0.25) is 0 Å². The number of para-hydroxylation sites is 1. The minimum atomic E-state index is -0.783. The Morgan fingerprint density at radius 3 is 2.50 bits per heavy atom. The van der Waals surface area contributed by atoms with Crippen LogP contribution in [0.25, 0.3) is 11.0 Å². The van der Waals surface area contributed by atoms with E-state index < -0.39 is 5.54 Å². The van der Waals surface area contributed by atoms with Crippen LogP contribution in [-0.2, 0) is 16.6 Å². The number of imide groups is 1. The molecule has 7 nitrogen and oxygen atoms in total. The number of imidazole rings is 1. The number of amides is 2. The van der Waals surface area contributed by atoms with E-state index in [-0.39, 0.29) is 5.91 Å². The molecule has 3 aromatic rings. The third kappa shape index (κ3) is 3.35. The summed E-state index contributed by atoms with van der Waals surface area (Å²) in [4.78, 5) is 33.4. The first-order chi connectivity index (χ1) is 14.5. The summed E-state index contributed by atoms with van der Waals surface area (Å²) >= 11 is 0. The predicted molar refractivity (Wildman–Crippen MR) is 119 cm³/mol. The number of hydrogen-bond acceptors (Lipinski definition) is 5. The maximum atomic E-state index is 13.4. The Labute approximate surface area is 176 Å². The fraction of sp³-hybridized carbons (Fsp3) is 0.348. The Bertz CT molecular complexity index is 1070. The van der Waals surface area contributed by atoms with Crippen LogP contribution in [0.5, 0.6) is 0 Å². The van der Waals surface area contributed by atoms with E-state index in [0.717, 1.165) is 17.0 Å². The second kappa shape index (κ2) is 7.91. The molecule has 4 rings (SSSR count). The van der Waals surface area contributed by atoms with Crippen molar-refractivity contribution in [3.05, 3.63) is 54.1 Å². The van der Waals surface area contributed by atoms with Gasteiger partial charge in [-0.25, -0.2) is 4.98 Å². The Kier molecular flexibility index (Phi) is 5.30. The molecule has 0 radical (unpaired) electrons. The van der Waals surface area contributed by atoms with Gasteiger partial charge in [0.1, 0.15) is 5.54 Å². The SMILES string of the molecule is CNC1(C(=O)N(C=O)c2ccccc2)CCN(c2nc3ccc(C)cc3n2C)CC1. The molecule has 1 aliphatic rings. The van der Waals surface area contributed by atoms with E-state index >= 15 is 0 Å². The third-order valence-electron chi connectivity index (χ3n) is 6.16. The van der Waals surface area contributed by atoms with Gasteiger partial charge >= 0.3 is 0 Å². The van der Waals surface area contributed by atoms with Gasteiger partial charge in [0.05, 0.1) is 16.7 Å². The van der Waals surface area contributed by atoms with E-state index in [2.05, 4.69) is 33.8 Å². The number of anilines is 2. The maximum absolute atomic E-state index is 13.4. The molecular formula is C23H27N5O2. The smallest absolute Gasteiger partial charge is 0.253 e. The number of aryl methyl sites for hydroxylation is 2. The molecule has 30 heavy (non-hydrogen) atoms. The van der Waals surface area contributed by atoms with Crippen LogP contribution >= 0.6 is 0 Å². The number of nitrogens with zero attached hydrogens (tertiary/aromatic N) is 4. The molecule has 7 heteroatoms. The van der Waals surface area contributed by atoms with Crippen molar-refractivity contribution in [1.29, 1.82) is 0 Å². The number of benzene rings is 2. The first kappa shape index (κ1) is 20.1. The number of aromatic nitrogens is 2. The average molecular weight is 406 g/mol. The van der Waals surface area contributed by atoms with Crippen LogP contribution in [-0.4, -0.2) is 47.5 Å². The van der Waals surface area contributed by atoms with E-state index in [4.69, 9.17) is 4.98 Å². The lowest BCUT2D eigenvalue weighted by Gasteiger charge is -2.42. The van der Waals surface area contributed by atoms with Gasteiger partial charge in [0.2, 0.25) is 12.4 Å². The lowest BCUT2D eigenvalue weighted by Crippen LogP contribution is -2.62. The summed E-state index contributed by atoms with van der Waals surface area (Å²) in [5.41, 5.74) is 3.07. The van der Waals surface area contributed by atoms with Crippen molar-refractivity contribution in [2.75, 3.05) is 29.9 Å². The van der Waals surface area contributed by atoms with Crippen LogP contribution in [0, 0.1) is 6.92 Å². The van der Waals surface area contributed by atoms with Crippen molar-refractivity contribution in [3.63, 3.8) is 0 Å². The number of piperidine rings is 1.